The van der Waals surface area contributed by atoms with Gasteiger partial charge in [0.2, 0.25) is 0 Å². The van der Waals surface area contributed by atoms with Crippen molar-refractivity contribution in [1.82, 2.24) is 5.32 Å². The lowest BCUT2D eigenvalue weighted by Crippen LogP contribution is -2.45. The van der Waals surface area contributed by atoms with E-state index in [1.165, 1.54) is 0 Å². The third kappa shape index (κ3) is 2.32. The molecule has 1 amide bonds. The van der Waals surface area contributed by atoms with E-state index in [1.54, 1.807) is 11.8 Å². The molecule has 2 rings (SSSR count). The second-order valence-electron chi connectivity index (χ2n) is 4.31. The number of nitrogens with zero attached hydrogens (tertiary/aromatic N) is 1. The number of aliphatic hydroxyl groups is 1. The van der Waals surface area contributed by atoms with Crippen LogP contribution in [0.5, 0.6) is 5.75 Å². The van der Waals surface area contributed by atoms with Crippen LogP contribution in [0.2, 0.25) is 0 Å². The SMILES string of the molecule is CNCc1ccc2c(c1)N(CCO)C(=O)C(C)O2. The van der Waals surface area contributed by atoms with E-state index in [-0.39, 0.29) is 12.5 Å². The number of ether oxygens (including phenoxy) is 1. The number of carbonyl (C=O) groups excluding carboxylic acids is 1. The van der Waals surface area contributed by atoms with Crippen molar-refractivity contribution in [2.45, 2.75) is 19.6 Å². The van der Waals surface area contributed by atoms with E-state index in [2.05, 4.69) is 5.32 Å². The van der Waals surface area contributed by atoms with Crippen LogP contribution in [0.4, 0.5) is 5.69 Å². The number of fused-ring (bicyclic) bond motifs is 1. The molecule has 0 fully saturated rings. The Balaban J connectivity index is 2.38. The second-order valence-corrected chi connectivity index (χ2v) is 4.31. The smallest absolute Gasteiger partial charge is 0.267 e. The topological polar surface area (TPSA) is 61.8 Å². The lowest BCUT2D eigenvalue weighted by molar-refractivity contribution is -0.125. The standard InChI is InChI=1S/C13H18N2O3/c1-9-13(17)15(5-6-16)11-7-10(8-14-2)3-4-12(11)18-9/h3-4,7,9,14,16H,5-6,8H2,1-2H3. The van der Waals surface area contributed by atoms with Gasteiger partial charge in [-0.05, 0) is 31.7 Å². The number of anilines is 1. The molecule has 0 aliphatic carbocycles. The molecular weight excluding hydrogens is 232 g/mol. The molecule has 0 bridgehead atoms. The Morgan fingerprint density at radius 3 is 2.94 bits per heavy atom. The van der Waals surface area contributed by atoms with Crippen molar-refractivity contribution >= 4 is 11.6 Å². The Morgan fingerprint density at radius 2 is 2.28 bits per heavy atom. The van der Waals surface area contributed by atoms with Crippen molar-refractivity contribution in [2.75, 3.05) is 25.1 Å². The number of rotatable bonds is 4. The second kappa shape index (κ2) is 5.37. The van der Waals surface area contributed by atoms with Gasteiger partial charge in [0, 0.05) is 13.1 Å². The molecule has 1 aromatic carbocycles. The Bertz CT molecular complexity index is 448. The van der Waals surface area contributed by atoms with Crippen LogP contribution < -0.4 is 15.0 Å². The summed E-state index contributed by atoms with van der Waals surface area (Å²) in [6, 6.07) is 5.76. The van der Waals surface area contributed by atoms with Crippen LogP contribution in [-0.4, -0.2) is 37.3 Å². The first kappa shape index (κ1) is 12.9. The third-order valence-corrected chi connectivity index (χ3v) is 2.94. The molecule has 5 heteroatoms. The van der Waals surface area contributed by atoms with Gasteiger partial charge in [0.05, 0.1) is 12.3 Å². The molecule has 0 saturated heterocycles. The van der Waals surface area contributed by atoms with Crippen LogP contribution in [0.25, 0.3) is 0 Å². The zero-order valence-corrected chi connectivity index (χ0v) is 10.6. The molecule has 2 N–H and O–H groups in total. The predicted octanol–water partition coefficient (Wildman–Crippen LogP) is 0.512. The van der Waals surface area contributed by atoms with Gasteiger partial charge < -0.3 is 20.1 Å². The first-order valence-electron chi connectivity index (χ1n) is 6.03. The molecule has 1 unspecified atom stereocenters. The van der Waals surface area contributed by atoms with Crippen molar-refractivity contribution in [1.29, 1.82) is 0 Å². The minimum absolute atomic E-state index is 0.0614. The van der Waals surface area contributed by atoms with E-state index < -0.39 is 6.10 Å². The zero-order valence-electron chi connectivity index (χ0n) is 10.6. The van der Waals surface area contributed by atoms with Crippen molar-refractivity contribution < 1.29 is 14.6 Å². The first-order valence-corrected chi connectivity index (χ1v) is 6.03. The van der Waals surface area contributed by atoms with Gasteiger partial charge >= 0.3 is 0 Å². The highest BCUT2D eigenvalue weighted by Crippen LogP contribution is 2.34. The fourth-order valence-corrected chi connectivity index (χ4v) is 2.10. The van der Waals surface area contributed by atoms with E-state index in [1.807, 2.05) is 25.2 Å². The Labute approximate surface area is 106 Å². The summed E-state index contributed by atoms with van der Waals surface area (Å²) in [5, 5.41) is 12.1. The van der Waals surface area contributed by atoms with Gasteiger partial charge in [0.15, 0.2) is 6.10 Å². The summed E-state index contributed by atoms with van der Waals surface area (Å²) in [5.74, 6) is 0.577. The van der Waals surface area contributed by atoms with Gasteiger partial charge in [-0.15, -0.1) is 0 Å². The van der Waals surface area contributed by atoms with Crippen molar-refractivity contribution in [3.05, 3.63) is 23.8 Å². The van der Waals surface area contributed by atoms with Crippen molar-refractivity contribution in [3.63, 3.8) is 0 Å². The number of β-amino-alcohol motifs (C(OH)–C–C–N with tert-alkyl or cyclic N) is 1. The highest BCUT2D eigenvalue weighted by molar-refractivity contribution is 5.99. The Hall–Kier alpha value is -1.59. The Kier molecular flexibility index (Phi) is 3.84. The number of nitrogens with one attached hydrogen (secondary N) is 1. The average Bonchev–Trinajstić information content (AvgIpc) is 2.36. The molecule has 0 radical (unpaired) electrons. The molecule has 0 aromatic heterocycles. The molecule has 0 saturated carbocycles. The average molecular weight is 250 g/mol. The van der Waals surface area contributed by atoms with E-state index >= 15 is 0 Å². The summed E-state index contributed by atoms with van der Waals surface area (Å²) in [6.07, 6.45) is -0.501. The molecule has 1 aliphatic rings. The highest BCUT2D eigenvalue weighted by Gasteiger charge is 2.31. The van der Waals surface area contributed by atoms with Gasteiger partial charge in [0.1, 0.15) is 5.75 Å². The first-order chi connectivity index (χ1) is 8.67. The molecule has 1 aliphatic heterocycles. The largest absolute Gasteiger partial charge is 0.479 e. The van der Waals surface area contributed by atoms with E-state index in [0.717, 1.165) is 17.8 Å². The van der Waals surface area contributed by atoms with Crippen LogP contribution in [0, 0.1) is 0 Å². The van der Waals surface area contributed by atoms with Gasteiger partial charge in [-0.3, -0.25) is 4.79 Å². The maximum absolute atomic E-state index is 12.0. The molecule has 1 heterocycles. The zero-order chi connectivity index (χ0) is 13.1. The van der Waals surface area contributed by atoms with Gasteiger partial charge in [0.25, 0.3) is 5.91 Å². The summed E-state index contributed by atoms with van der Waals surface area (Å²) in [5.41, 5.74) is 1.81. The summed E-state index contributed by atoms with van der Waals surface area (Å²) in [4.78, 5) is 13.6. The van der Waals surface area contributed by atoms with Gasteiger partial charge in [-0.25, -0.2) is 0 Å². The summed E-state index contributed by atoms with van der Waals surface area (Å²) < 4.78 is 5.56. The summed E-state index contributed by atoms with van der Waals surface area (Å²) >= 11 is 0. The fourth-order valence-electron chi connectivity index (χ4n) is 2.10. The molecule has 1 atom stereocenters. The lowest BCUT2D eigenvalue weighted by atomic mass is 10.1. The number of aliphatic hydroxyl groups excluding tert-OH is 1. The van der Waals surface area contributed by atoms with Crippen LogP contribution >= 0.6 is 0 Å². The van der Waals surface area contributed by atoms with Crippen LogP contribution in [-0.2, 0) is 11.3 Å². The van der Waals surface area contributed by atoms with Gasteiger partial charge in [-0.1, -0.05) is 6.07 Å². The third-order valence-electron chi connectivity index (χ3n) is 2.94. The minimum atomic E-state index is -0.501. The number of hydrogen-bond donors (Lipinski definition) is 2. The maximum Gasteiger partial charge on any atom is 0.267 e. The lowest BCUT2D eigenvalue weighted by Gasteiger charge is -2.33. The fraction of sp³-hybridized carbons (Fsp3) is 0.462. The molecule has 98 valence electrons. The Morgan fingerprint density at radius 1 is 1.50 bits per heavy atom. The van der Waals surface area contributed by atoms with Crippen LogP contribution in [0.1, 0.15) is 12.5 Å². The predicted molar refractivity (Wildman–Crippen MR) is 68.7 cm³/mol. The quantitative estimate of drug-likeness (QED) is 0.817. The van der Waals surface area contributed by atoms with Crippen LogP contribution in [0.15, 0.2) is 18.2 Å². The summed E-state index contributed by atoms with van der Waals surface area (Å²) in [6.45, 7) is 2.68. The summed E-state index contributed by atoms with van der Waals surface area (Å²) in [7, 11) is 1.87. The maximum atomic E-state index is 12.0. The molecule has 1 aromatic rings. The van der Waals surface area contributed by atoms with Crippen LogP contribution in [0.3, 0.4) is 0 Å². The number of hydrogen-bond acceptors (Lipinski definition) is 4. The van der Waals surface area contributed by atoms with E-state index in [9.17, 15) is 4.79 Å². The highest BCUT2D eigenvalue weighted by atomic mass is 16.5. The minimum Gasteiger partial charge on any atom is -0.479 e. The molecule has 5 nitrogen and oxygen atoms in total. The van der Waals surface area contributed by atoms with Crippen molar-refractivity contribution in [3.8, 4) is 5.75 Å². The van der Waals surface area contributed by atoms with Gasteiger partial charge in [-0.2, -0.15) is 0 Å². The number of benzene rings is 1. The number of amides is 1. The monoisotopic (exact) mass is 250 g/mol. The van der Waals surface area contributed by atoms with Crippen molar-refractivity contribution in [2.24, 2.45) is 0 Å². The number of carbonyl (C=O) groups is 1. The molecule has 0 spiro atoms. The normalized spacial score (nSPS) is 18.5. The molecule has 18 heavy (non-hydrogen) atoms. The molecular formula is C13H18N2O3. The van der Waals surface area contributed by atoms with E-state index in [0.29, 0.717) is 12.3 Å². The van der Waals surface area contributed by atoms with E-state index in [4.69, 9.17) is 9.84 Å².